The molecule has 2 aliphatic rings. The van der Waals surface area contributed by atoms with Gasteiger partial charge in [-0.25, -0.2) is 14.4 Å². The number of carbonyl (C=O) groups is 1. The van der Waals surface area contributed by atoms with Crippen LogP contribution in [0.3, 0.4) is 0 Å². The van der Waals surface area contributed by atoms with E-state index in [1.807, 2.05) is 0 Å². The summed E-state index contributed by atoms with van der Waals surface area (Å²) in [5.41, 5.74) is -3.21. The normalized spacial score (nSPS) is 30.8. The number of H-pyrrole nitrogens is 1. The quantitative estimate of drug-likeness (QED) is 0.163. The fraction of sp³-hybridized carbons (Fsp3) is 0.500. The number of alkyl halides is 1. The van der Waals surface area contributed by atoms with E-state index in [1.54, 1.807) is 51.1 Å². The topological polar surface area (TPSA) is 158 Å². The molecular weight excluding hydrogens is 527 g/mol. The molecule has 1 aromatic carbocycles. The SMILES string of the molecule is B[C@@]1(Cl)[C@H](n2ccc(=O)[nH]c2=O)O[C@@H]2C(O[P@@](=O)(N[C@@H](C)COC(=O)C(C)C)Oc3ccccc3)[C@@]21O. The number of hydrogen-bond donors (Lipinski definition) is 3. The number of aromatic amines is 1. The number of aromatic nitrogens is 2. The van der Waals surface area contributed by atoms with E-state index >= 15 is 0 Å². The third kappa shape index (κ3) is 5.29. The summed E-state index contributed by atoms with van der Waals surface area (Å²) in [6.07, 6.45) is -2.17. The van der Waals surface area contributed by atoms with Crippen molar-refractivity contribution in [1.29, 1.82) is 0 Å². The average Bonchev–Trinajstić information content (AvgIpc) is 3.30. The van der Waals surface area contributed by atoms with E-state index in [1.165, 1.54) is 14.0 Å². The van der Waals surface area contributed by atoms with Crippen LogP contribution < -0.4 is 20.9 Å². The van der Waals surface area contributed by atoms with Crippen LogP contribution in [0.4, 0.5) is 0 Å². The molecule has 4 rings (SSSR count). The van der Waals surface area contributed by atoms with Crippen molar-refractivity contribution in [3.63, 3.8) is 0 Å². The number of hydrogen-bond acceptors (Lipinski definition) is 9. The Morgan fingerprint density at radius 1 is 1.30 bits per heavy atom. The molecule has 37 heavy (non-hydrogen) atoms. The number of nitrogens with zero attached hydrogens (tertiary/aromatic N) is 1. The molecule has 1 unspecified atom stereocenters. The largest absolute Gasteiger partial charge is 0.464 e. The number of nitrogens with one attached hydrogen (secondary N) is 2. The number of fused-ring (bicyclic) bond motifs is 1. The van der Waals surface area contributed by atoms with Crippen molar-refractivity contribution in [2.75, 3.05) is 6.61 Å². The van der Waals surface area contributed by atoms with E-state index in [9.17, 15) is 24.1 Å². The van der Waals surface area contributed by atoms with Crippen LogP contribution >= 0.6 is 19.3 Å². The van der Waals surface area contributed by atoms with Gasteiger partial charge in [0.25, 0.3) is 5.56 Å². The third-order valence-corrected chi connectivity index (χ3v) is 8.41. The van der Waals surface area contributed by atoms with Gasteiger partial charge in [0.15, 0.2) is 6.23 Å². The molecule has 1 aliphatic carbocycles. The van der Waals surface area contributed by atoms with E-state index in [-0.39, 0.29) is 18.3 Å². The molecule has 1 saturated carbocycles. The van der Waals surface area contributed by atoms with Crippen LogP contribution in [-0.4, -0.2) is 63.7 Å². The van der Waals surface area contributed by atoms with E-state index in [2.05, 4.69) is 10.1 Å². The smallest absolute Gasteiger partial charge is 0.459 e. The molecule has 2 fully saturated rings. The fourth-order valence-corrected chi connectivity index (χ4v) is 6.23. The summed E-state index contributed by atoms with van der Waals surface area (Å²) in [6, 6.07) is 8.73. The zero-order chi connectivity index (χ0) is 27.2. The summed E-state index contributed by atoms with van der Waals surface area (Å²) in [6.45, 7) is 4.90. The van der Waals surface area contributed by atoms with E-state index in [0.717, 1.165) is 10.6 Å². The Hall–Kier alpha value is -2.41. The van der Waals surface area contributed by atoms with Crippen molar-refractivity contribution in [2.24, 2.45) is 5.92 Å². The molecule has 1 aromatic heterocycles. The molecule has 2 aromatic rings. The number of aliphatic hydroxyl groups is 1. The van der Waals surface area contributed by atoms with Gasteiger partial charge in [-0.3, -0.25) is 23.7 Å². The lowest BCUT2D eigenvalue weighted by Crippen LogP contribution is -2.50. The first-order chi connectivity index (χ1) is 17.3. The number of benzene rings is 1. The van der Waals surface area contributed by atoms with Crippen LogP contribution in [0.1, 0.15) is 27.0 Å². The molecule has 2 heterocycles. The molecule has 12 nitrogen and oxygen atoms in total. The van der Waals surface area contributed by atoms with Gasteiger partial charge < -0.3 is 19.1 Å². The molecule has 0 bridgehead atoms. The Morgan fingerprint density at radius 2 is 1.97 bits per heavy atom. The Bertz CT molecular complexity index is 1320. The summed E-state index contributed by atoms with van der Waals surface area (Å²) in [5, 5.41) is 14.1. The van der Waals surface area contributed by atoms with Crippen molar-refractivity contribution in [1.82, 2.24) is 14.6 Å². The number of esters is 1. The molecule has 1 saturated heterocycles. The first-order valence-corrected chi connectivity index (χ1v) is 13.6. The second-order valence-corrected chi connectivity index (χ2v) is 12.0. The molecule has 200 valence electrons. The highest BCUT2D eigenvalue weighted by atomic mass is 35.5. The predicted molar refractivity (Wildman–Crippen MR) is 135 cm³/mol. The zero-order valence-corrected chi connectivity index (χ0v) is 22.3. The standard InChI is InChI=1S/C22H28BClN3O9P/c1-12(2)18(29)33-11-13(3)26-37(32,35-14-7-5-4-6-8-14)36-17-16-21(17,31)22(23,24)19(34-16)27-10-9-15(28)25-20(27)30/h4-10,12-13,16-17,19,31H,11,23H2,1-3H3,(H,26,32)(H,25,28,30)/t13-,16+,17?,19+,21-,22+,37+/m0/s1. The van der Waals surface area contributed by atoms with Gasteiger partial charge in [0, 0.05) is 18.3 Å². The van der Waals surface area contributed by atoms with Gasteiger partial charge in [-0.2, -0.15) is 0 Å². The minimum Gasteiger partial charge on any atom is -0.464 e. The number of carbonyl (C=O) groups excluding carboxylic acids is 1. The number of rotatable bonds is 10. The summed E-state index contributed by atoms with van der Waals surface area (Å²) in [7, 11) is -2.74. The van der Waals surface area contributed by atoms with E-state index < -0.39 is 59.8 Å². The maximum Gasteiger partial charge on any atom is 0.459 e. The summed E-state index contributed by atoms with van der Waals surface area (Å²) in [5.74, 6) is -0.527. The molecule has 3 N–H and O–H groups in total. The van der Waals surface area contributed by atoms with Crippen molar-refractivity contribution >= 4 is 33.2 Å². The predicted octanol–water partition coefficient (Wildman–Crippen LogP) is 0.496. The summed E-state index contributed by atoms with van der Waals surface area (Å²) < 4.78 is 35.8. The minimum absolute atomic E-state index is 0.109. The Morgan fingerprint density at radius 3 is 2.54 bits per heavy atom. The monoisotopic (exact) mass is 555 g/mol. The molecule has 0 amide bonds. The second-order valence-electron chi connectivity index (χ2n) is 9.57. The molecule has 0 radical (unpaired) electrons. The van der Waals surface area contributed by atoms with Gasteiger partial charge in [-0.15, -0.1) is 11.6 Å². The summed E-state index contributed by atoms with van der Waals surface area (Å²) >= 11 is 6.70. The maximum atomic E-state index is 13.8. The highest BCUT2D eigenvalue weighted by Crippen LogP contribution is 2.65. The summed E-state index contributed by atoms with van der Waals surface area (Å²) in [4.78, 5) is 37.6. The lowest BCUT2D eigenvalue weighted by molar-refractivity contribution is -0.147. The Balaban J connectivity index is 1.53. The van der Waals surface area contributed by atoms with Gasteiger partial charge >= 0.3 is 19.4 Å². The van der Waals surface area contributed by atoms with Crippen molar-refractivity contribution in [3.8, 4) is 5.75 Å². The molecule has 15 heteroatoms. The van der Waals surface area contributed by atoms with Crippen molar-refractivity contribution in [3.05, 3.63) is 63.4 Å². The van der Waals surface area contributed by atoms with Gasteiger partial charge in [-0.05, 0) is 19.1 Å². The Labute approximate surface area is 218 Å². The van der Waals surface area contributed by atoms with E-state index in [0.29, 0.717) is 0 Å². The molecule has 7 atom stereocenters. The van der Waals surface area contributed by atoms with Crippen LogP contribution in [0.25, 0.3) is 0 Å². The van der Waals surface area contributed by atoms with Crippen LogP contribution in [0.5, 0.6) is 5.75 Å². The zero-order valence-electron chi connectivity index (χ0n) is 20.6. The first-order valence-electron chi connectivity index (χ1n) is 11.6. The minimum atomic E-state index is -4.19. The third-order valence-electron chi connectivity index (χ3n) is 6.21. The van der Waals surface area contributed by atoms with Crippen LogP contribution in [-0.2, 0) is 23.4 Å². The van der Waals surface area contributed by atoms with Crippen LogP contribution in [0, 0.1) is 5.92 Å². The average molecular weight is 556 g/mol. The molecule has 1 aliphatic heterocycles. The maximum absolute atomic E-state index is 13.8. The first kappa shape index (κ1) is 27.6. The van der Waals surface area contributed by atoms with E-state index in [4.69, 9.17) is 30.1 Å². The fourth-order valence-electron chi connectivity index (χ4n) is 4.11. The van der Waals surface area contributed by atoms with Crippen molar-refractivity contribution < 1.29 is 33.0 Å². The Kier molecular flexibility index (Phi) is 7.50. The molecule has 0 spiro atoms. The van der Waals surface area contributed by atoms with Crippen LogP contribution in [0.2, 0.25) is 0 Å². The second kappa shape index (κ2) is 10.0. The van der Waals surface area contributed by atoms with Gasteiger partial charge in [-0.1, -0.05) is 32.0 Å². The van der Waals surface area contributed by atoms with Gasteiger partial charge in [0.1, 0.15) is 38.0 Å². The van der Waals surface area contributed by atoms with Gasteiger partial charge in [0.05, 0.1) is 10.7 Å². The van der Waals surface area contributed by atoms with Crippen molar-refractivity contribution in [2.45, 2.75) is 55.6 Å². The number of halogens is 1. The van der Waals surface area contributed by atoms with Crippen LogP contribution in [0.15, 0.2) is 52.2 Å². The highest BCUT2D eigenvalue weighted by molar-refractivity contribution is 7.52. The van der Waals surface area contributed by atoms with Gasteiger partial charge in [0.2, 0.25) is 0 Å². The number of ether oxygens (including phenoxy) is 2. The lowest BCUT2D eigenvalue weighted by atomic mass is 9.78. The molecular formula is C22H28BClN3O9P. The highest BCUT2D eigenvalue weighted by Gasteiger charge is 2.83. The lowest BCUT2D eigenvalue weighted by Gasteiger charge is -2.33. The number of para-hydroxylation sites is 1.